The van der Waals surface area contributed by atoms with E-state index in [1.54, 1.807) is 24.3 Å². The number of anilines is 2. The number of para-hydroxylation sites is 1. The quantitative estimate of drug-likeness (QED) is 0.337. The number of nitrogens with one attached hydrogen (secondary N) is 1. The molecule has 1 unspecified atom stereocenters. The third kappa shape index (κ3) is 5.01. The van der Waals surface area contributed by atoms with Gasteiger partial charge in [0.1, 0.15) is 17.2 Å². The highest BCUT2D eigenvalue weighted by Gasteiger charge is 2.43. The number of Topliss-reactive ketones (excluding diaryl/α,β-unsaturated/α-hetero) is 1. The van der Waals surface area contributed by atoms with Gasteiger partial charge in [0.05, 0.1) is 17.9 Å². The third-order valence-electron chi connectivity index (χ3n) is 6.76. The number of hydrogen-bond acceptors (Lipinski definition) is 7. The highest BCUT2D eigenvalue weighted by Crippen LogP contribution is 2.47. The van der Waals surface area contributed by atoms with Gasteiger partial charge in [0, 0.05) is 34.4 Å². The first-order chi connectivity index (χ1) is 18.1. The first kappa shape index (κ1) is 25.9. The highest BCUT2D eigenvalue weighted by molar-refractivity contribution is 7.99. The molecule has 3 N–H and O–H groups in total. The summed E-state index contributed by atoms with van der Waals surface area (Å²) in [6.07, 6.45) is -0.206. The SMILES string of the molecule is CC(=O)N1c2cccc(O)c2NC2=C(C(=O)CC(C)(C)C2)C1OCc1c(O)cccc1Sc1ccccc1. The van der Waals surface area contributed by atoms with E-state index in [1.165, 1.54) is 29.7 Å². The van der Waals surface area contributed by atoms with Crippen molar-refractivity contribution in [2.45, 2.75) is 56.2 Å². The summed E-state index contributed by atoms with van der Waals surface area (Å²) in [6, 6.07) is 20.0. The number of carbonyl (C=O) groups excluding carboxylic acids is 2. The fraction of sp³-hybridized carbons (Fsp3) is 0.267. The normalized spacial score (nSPS) is 18.3. The lowest BCUT2D eigenvalue weighted by Crippen LogP contribution is -2.45. The van der Waals surface area contributed by atoms with Gasteiger partial charge in [-0.3, -0.25) is 14.5 Å². The van der Waals surface area contributed by atoms with Crippen LogP contribution in [0.25, 0.3) is 0 Å². The van der Waals surface area contributed by atoms with Gasteiger partial charge in [0.25, 0.3) is 0 Å². The van der Waals surface area contributed by atoms with Crippen LogP contribution in [0, 0.1) is 5.41 Å². The Balaban J connectivity index is 1.58. The van der Waals surface area contributed by atoms with Crippen LogP contribution >= 0.6 is 11.8 Å². The molecule has 0 bridgehead atoms. The topological polar surface area (TPSA) is 99.1 Å². The number of amides is 1. The van der Waals surface area contributed by atoms with Crippen molar-refractivity contribution in [1.82, 2.24) is 0 Å². The monoisotopic (exact) mass is 530 g/mol. The molecule has 1 amide bonds. The van der Waals surface area contributed by atoms with Crippen molar-refractivity contribution < 1.29 is 24.5 Å². The smallest absolute Gasteiger partial charge is 0.226 e. The molecule has 7 nitrogen and oxygen atoms in total. The van der Waals surface area contributed by atoms with Crippen LogP contribution in [0.3, 0.4) is 0 Å². The Morgan fingerprint density at radius 3 is 2.47 bits per heavy atom. The molecule has 1 atom stereocenters. The standard InChI is InChI=1S/C30H30N2O5S/c1-18(33)32-22-11-7-13-24(35)28(22)31-21-15-30(2,3)16-25(36)27(21)29(32)37-17-20-23(34)12-8-14-26(20)38-19-9-5-4-6-10-19/h4-14,29,31,34-35H,15-17H2,1-3H3. The number of rotatable bonds is 5. The van der Waals surface area contributed by atoms with Crippen LogP contribution in [0.15, 0.2) is 87.8 Å². The van der Waals surface area contributed by atoms with Crippen LogP contribution in [0.5, 0.6) is 11.5 Å². The Labute approximate surface area is 226 Å². The second-order valence-electron chi connectivity index (χ2n) is 10.4. The molecule has 2 aliphatic rings. The molecular formula is C30H30N2O5S. The van der Waals surface area contributed by atoms with Crippen molar-refractivity contribution in [1.29, 1.82) is 0 Å². The van der Waals surface area contributed by atoms with Gasteiger partial charge in [-0.2, -0.15) is 0 Å². The molecule has 0 aromatic heterocycles. The van der Waals surface area contributed by atoms with Gasteiger partial charge in [0.15, 0.2) is 12.0 Å². The summed E-state index contributed by atoms with van der Waals surface area (Å²) in [5, 5.41) is 24.7. The minimum Gasteiger partial charge on any atom is -0.508 e. The second kappa shape index (κ2) is 10.2. The van der Waals surface area contributed by atoms with Crippen LogP contribution < -0.4 is 10.2 Å². The van der Waals surface area contributed by atoms with E-state index < -0.39 is 6.23 Å². The van der Waals surface area contributed by atoms with E-state index in [0.717, 1.165) is 9.79 Å². The first-order valence-electron chi connectivity index (χ1n) is 12.4. The number of phenols is 2. The molecule has 5 rings (SSSR count). The minimum absolute atomic E-state index is 0.0284. The zero-order valence-electron chi connectivity index (χ0n) is 21.5. The molecule has 0 spiro atoms. The maximum Gasteiger partial charge on any atom is 0.226 e. The maximum absolute atomic E-state index is 13.6. The third-order valence-corrected chi connectivity index (χ3v) is 7.87. The van der Waals surface area contributed by atoms with Crippen molar-refractivity contribution in [3.8, 4) is 11.5 Å². The van der Waals surface area contributed by atoms with Crippen LogP contribution in [0.1, 0.15) is 39.2 Å². The van der Waals surface area contributed by atoms with Gasteiger partial charge in [0.2, 0.25) is 5.91 Å². The molecule has 196 valence electrons. The summed E-state index contributed by atoms with van der Waals surface area (Å²) in [4.78, 5) is 29.9. The number of phenolic OH excluding ortho intramolecular Hbond substituents is 2. The summed E-state index contributed by atoms with van der Waals surface area (Å²) in [5.41, 5.74) is 2.01. The van der Waals surface area contributed by atoms with Gasteiger partial charge < -0.3 is 20.3 Å². The van der Waals surface area contributed by atoms with Crippen molar-refractivity contribution >= 4 is 34.8 Å². The van der Waals surface area contributed by atoms with Crippen molar-refractivity contribution in [3.63, 3.8) is 0 Å². The minimum atomic E-state index is -1.05. The van der Waals surface area contributed by atoms with Crippen molar-refractivity contribution in [2.24, 2.45) is 5.41 Å². The molecule has 0 fully saturated rings. The van der Waals surface area contributed by atoms with E-state index in [2.05, 4.69) is 5.32 Å². The summed E-state index contributed by atoms with van der Waals surface area (Å²) >= 11 is 1.49. The lowest BCUT2D eigenvalue weighted by Gasteiger charge is -2.36. The van der Waals surface area contributed by atoms with E-state index in [4.69, 9.17) is 4.74 Å². The molecule has 38 heavy (non-hydrogen) atoms. The number of allylic oxidation sites excluding steroid dienone is 1. The maximum atomic E-state index is 13.6. The van der Waals surface area contributed by atoms with Crippen molar-refractivity contribution in [2.75, 3.05) is 10.2 Å². The lowest BCUT2D eigenvalue weighted by molar-refractivity contribution is -0.121. The second-order valence-corrected chi connectivity index (χ2v) is 11.5. The number of fused-ring (bicyclic) bond motifs is 1. The molecule has 1 heterocycles. The van der Waals surface area contributed by atoms with Crippen LogP contribution in [0.2, 0.25) is 0 Å². The summed E-state index contributed by atoms with van der Waals surface area (Å²) in [6.45, 7) is 5.39. The Kier molecular flexibility index (Phi) is 6.94. The molecule has 3 aromatic rings. The zero-order valence-corrected chi connectivity index (χ0v) is 22.3. The predicted molar refractivity (Wildman–Crippen MR) is 147 cm³/mol. The number of carbonyl (C=O) groups is 2. The number of ether oxygens (including phenoxy) is 1. The molecular weight excluding hydrogens is 500 g/mol. The van der Waals surface area contributed by atoms with E-state index >= 15 is 0 Å². The average Bonchev–Trinajstić information content (AvgIpc) is 2.98. The van der Waals surface area contributed by atoms with Gasteiger partial charge >= 0.3 is 0 Å². The Hall–Kier alpha value is -3.75. The van der Waals surface area contributed by atoms with Gasteiger partial charge in [-0.1, -0.05) is 55.9 Å². The summed E-state index contributed by atoms with van der Waals surface area (Å²) in [5.74, 6) is -0.426. The highest BCUT2D eigenvalue weighted by atomic mass is 32.2. The van der Waals surface area contributed by atoms with Crippen molar-refractivity contribution in [3.05, 3.63) is 83.6 Å². The van der Waals surface area contributed by atoms with E-state index in [9.17, 15) is 19.8 Å². The zero-order chi connectivity index (χ0) is 27.0. The summed E-state index contributed by atoms with van der Waals surface area (Å²) < 4.78 is 6.42. The Morgan fingerprint density at radius 2 is 1.74 bits per heavy atom. The molecule has 0 radical (unpaired) electrons. The van der Waals surface area contributed by atoms with Crippen LogP contribution in [-0.2, 0) is 20.9 Å². The largest absolute Gasteiger partial charge is 0.508 e. The first-order valence-corrected chi connectivity index (χ1v) is 13.3. The average molecular weight is 531 g/mol. The van der Waals surface area contributed by atoms with Gasteiger partial charge in [-0.15, -0.1) is 0 Å². The molecule has 1 aliphatic carbocycles. The van der Waals surface area contributed by atoms with E-state index in [-0.39, 0.29) is 35.2 Å². The van der Waals surface area contributed by atoms with Crippen LogP contribution in [-0.4, -0.2) is 28.1 Å². The number of benzene rings is 3. The number of aromatic hydroxyl groups is 2. The number of hydrogen-bond donors (Lipinski definition) is 3. The Morgan fingerprint density at radius 1 is 1.03 bits per heavy atom. The Bertz CT molecular complexity index is 1430. The van der Waals surface area contributed by atoms with Crippen LogP contribution in [0.4, 0.5) is 11.4 Å². The van der Waals surface area contributed by atoms with E-state index in [1.807, 2.05) is 50.2 Å². The molecule has 0 saturated heterocycles. The fourth-order valence-corrected chi connectivity index (χ4v) is 6.04. The summed E-state index contributed by atoms with van der Waals surface area (Å²) in [7, 11) is 0. The molecule has 8 heteroatoms. The predicted octanol–water partition coefficient (Wildman–Crippen LogP) is 6.21. The molecule has 3 aromatic carbocycles. The van der Waals surface area contributed by atoms with Gasteiger partial charge in [-0.25, -0.2) is 0 Å². The number of ketones is 1. The molecule has 0 saturated carbocycles. The van der Waals surface area contributed by atoms with Gasteiger partial charge in [-0.05, 0) is 48.2 Å². The lowest BCUT2D eigenvalue weighted by atomic mass is 9.75. The molecule has 1 aliphatic heterocycles. The fourth-order valence-electron chi connectivity index (χ4n) is 5.06. The number of nitrogens with zero attached hydrogens (tertiary/aromatic N) is 1. The van der Waals surface area contributed by atoms with E-state index in [0.29, 0.717) is 41.1 Å².